The van der Waals surface area contributed by atoms with Crippen molar-refractivity contribution in [2.75, 3.05) is 0 Å². The molecule has 0 amide bonds. The first-order valence-electron chi connectivity index (χ1n) is 15.1. The van der Waals surface area contributed by atoms with Gasteiger partial charge in [-0.3, -0.25) is 0 Å². The number of rotatable bonds is 9. The van der Waals surface area contributed by atoms with Gasteiger partial charge in [-0.05, 0) is 113 Å². The summed E-state index contributed by atoms with van der Waals surface area (Å²) in [6.45, 7) is 6.38. The summed E-state index contributed by atoms with van der Waals surface area (Å²) in [5, 5.41) is 2.55. The maximum absolute atomic E-state index is 15.2. The molecule has 0 aliphatic carbocycles. The summed E-state index contributed by atoms with van der Waals surface area (Å²) in [5.74, 6) is 5.94. The van der Waals surface area contributed by atoms with Crippen molar-refractivity contribution in [3.8, 4) is 34.1 Å². The van der Waals surface area contributed by atoms with Crippen LogP contribution in [0.5, 0.6) is 0 Å². The first-order chi connectivity index (χ1) is 20.0. The minimum absolute atomic E-state index is 0.278. The third-order valence-corrected chi connectivity index (χ3v) is 7.92. The van der Waals surface area contributed by atoms with E-state index in [4.69, 9.17) is 0 Å². The second-order valence-corrected chi connectivity index (χ2v) is 11.1. The highest BCUT2D eigenvalue weighted by Crippen LogP contribution is 2.30. The number of halogens is 1. The first-order valence-corrected chi connectivity index (χ1v) is 15.1. The molecule has 0 aliphatic rings. The Bertz CT molecular complexity index is 1660. The Hall–Kier alpha value is -4.15. The molecule has 0 spiro atoms. The van der Waals surface area contributed by atoms with E-state index in [2.05, 4.69) is 98.5 Å². The monoisotopic (exact) mass is 538 g/mol. The normalized spacial score (nSPS) is 10.9. The smallest absolute Gasteiger partial charge is 0.139 e. The van der Waals surface area contributed by atoms with Gasteiger partial charge >= 0.3 is 0 Å². The lowest BCUT2D eigenvalue weighted by molar-refractivity contribution is 0.623. The molecule has 0 fully saturated rings. The van der Waals surface area contributed by atoms with Crippen LogP contribution in [0.25, 0.3) is 33.0 Å². The minimum atomic E-state index is -0.278. The molecule has 0 unspecified atom stereocenters. The van der Waals surface area contributed by atoms with Gasteiger partial charge in [0, 0.05) is 5.56 Å². The number of unbranched alkanes of at least 4 members (excludes halogenated alkanes) is 3. The van der Waals surface area contributed by atoms with Crippen molar-refractivity contribution < 1.29 is 4.39 Å². The van der Waals surface area contributed by atoms with E-state index in [1.165, 1.54) is 59.6 Å². The number of benzene rings is 5. The largest absolute Gasteiger partial charge is 0.206 e. The Kier molecular flexibility index (Phi) is 9.33. The second kappa shape index (κ2) is 13.5. The molecule has 0 saturated carbocycles. The molecular weight excluding hydrogens is 499 g/mol. The van der Waals surface area contributed by atoms with E-state index in [9.17, 15) is 0 Å². The van der Waals surface area contributed by atoms with Crippen molar-refractivity contribution >= 4 is 10.8 Å². The molecule has 0 aromatic heterocycles. The van der Waals surface area contributed by atoms with Crippen molar-refractivity contribution in [2.45, 2.75) is 65.7 Å². The van der Waals surface area contributed by atoms with Gasteiger partial charge in [0.05, 0.1) is 5.56 Å². The van der Waals surface area contributed by atoms with Crippen molar-refractivity contribution in [1.29, 1.82) is 0 Å². The molecule has 5 aromatic carbocycles. The van der Waals surface area contributed by atoms with E-state index in [1.807, 2.05) is 25.1 Å². The van der Waals surface area contributed by atoms with Gasteiger partial charge in [-0.1, -0.05) is 112 Å². The Morgan fingerprint density at radius 2 is 1.15 bits per heavy atom. The van der Waals surface area contributed by atoms with Crippen LogP contribution < -0.4 is 0 Å². The van der Waals surface area contributed by atoms with E-state index < -0.39 is 0 Å². The highest BCUT2D eigenvalue weighted by Gasteiger charge is 2.09. The lowest BCUT2D eigenvalue weighted by Gasteiger charge is -2.09. The molecule has 0 N–H and O–H groups in total. The highest BCUT2D eigenvalue weighted by molar-refractivity contribution is 5.88. The number of hydrogen-bond donors (Lipinski definition) is 0. The van der Waals surface area contributed by atoms with Gasteiger partial charge in [-0.2, -0.15) is 0 Å². The molecule has 5 rings (SSSR count). The highest BCUT2D eigenvalue weighted by atomic mass is 19.1. The molecule has 0 nitrogen and oxygen atoms in total. The van der Waals surface area contributed by atoms with Crippen LogP contribution in [-0.2, 0) is 12.8 Å². The van der Waals surface area contributed by atoms with E-state index in [0.29, 0.717) is 5.56 Å². The maximum Gasteiger partial charge on any atom is 0.139 e. The molecule has 0 radical (unpaired) electrons. The molecule has 0 bridgehead atoms. The van der Waals surface area contributed by atoms with Gasteiger partial charge in [-0.15, -0.1) is 0 Å². The Balaban J connectivity index is 1.31. The average Bonchev–Trinajstić information content (AvgIpc) is 3.00. The summed E-state index contributed by atoms with van der Waals surface area (Å²) >= 11 is 0. The standard InChI is InChI=1S/C40H39F/c1-4-6-8-10-32-15-17-37-27-36(23-22-35(37)26-32)33-18-20-34(21-19-33)38-25-29(3)39(40(41)28-38)24-16-31-13-11-30(12-14-31)9-7-5-2/h11-15,17-23,25-28H,4-10H2,1-3H3. The summed E-state index contributed by atoms with van der Waals surface area (Å²) in [4.78, 5) is 0. The zero-order chi connectivity index (χ0) is 28.6. The van der Waals surface area contributed by atoms with E-state index in [1.54, 1.807) is 6.07 Å². The molecule has 0 aliphatic heterocycles. The molecular formula is C40H39F. The number of hydrogen-bond acceptors (Lipinski definition) is 0. The first kappa shape index (κ1) is 28.4. The SMILES string of the molecule is CCCCCc1ccc2cc(-c3ccc(-c4cc(C)c(C#Cc5ccc(CCCC)cc5)c(F)c4)cc3)ccc2c1. The average molecular weight is 539 g/mol. The van der Waals surface area contributed by atoms with Gasteiger partial charge in [0.2, 0.25) is 0 Å². The third-order valence-electron chi connectivity index (χ3n) is 7.92. The van der Waals surface area contributed by atoms with Gasteiger partial charge in [0.1, 0.15) is 5.82 Å². The third kappa shape index (κ3) is 7.14. The molecule has 0 saturated heterocycles. The Morgan fingerprint density at radius 3 is 1.85 bits per heavy atom. The number of aryl methyl sites for hydroxylation is 3. The number of fused-ring (bicyclic) bond motifs is 1. The van der Waals surface area contributed by atoms with E-state index in [-0.39, 0.29) is 5.82 Å². The topological polar surface area (TPSA) is 0 Å². The van der Waals surface area contributed by atoms with E-state index in [0.717, 1.165) is 40.7 Å². The summed E-state index contributed by atoms with van der Waals surface area (Å²) < 4.78 is 15.2. The van der Waals surface area contributed by atoms with Gasteiger partial charge in [0.15, 0.2) is 0 Å². The Morgan fingerprint density at radius 1 is 0.537 bits per heavy atom. The zero-order valence-corrected chi connectivity index (χ0v) is 24.6. The summed E-state index contributed by atoms with van der Waals surface area (Å²) in [6.07, 6.45) is 8.39. The maximum atomic E-state index is 15.2. The quantitative estimate of drug-likeness (QED) is 0.129. The molecule has 1 heteroatoms. The van der Waals surface area contributed by atoms with Crippen LogP contribution >= 0.6 is 0 Å². The molecule has 0 atom stereocenters. The lowest BCUT2D eigenvalue weighted by atomic mass is 9.95. The van der Waals surface area contributed by atoms with Crippen molar-refractivity contribution in [2.24, 2.45) is 0 Å². The summed E-state index contributed by atoms with van der Waals surface area (Å²) in [6, 6.07) is 33.9. The van der Waals surface area contributed by atoms with Gasteiger partial charge in [0.25, 0.3) is 0 Å². The predicted octanol–water partition coefficient (Wildman–Crippen LogP) is 11.1. The van der Waals surface area contributed by atoms with Crippen molar-refractivity contribution in [3.63, 3.8) is 0 Å². The molecule has 41 heavy (non-hydrogen) atoms. The van der Waals surface area contributed by atoms with Crippen LogP contribution in [-0.4, -0.2) is 0 Å². The van der Waals surface area contributed by atoms with Crippen LogP contribution in [0.1, 0.15) is 73.8 Å². The summed E-state index contributed by atoms with van der Waals surface area (Å²) in [5.41, 5.74) is 9.16. The van der Waals surface area contributed by atoms with Crippen LogP contribution in [0, 0.1) is 24.6 Å². The fourth-order valence-corrected chi connectivity index (χ4v) is 5.40. The summed E-state index contributed by atoms with van der Waals surface area (Å²) in [7, 11) is 0. The van der Waals surface area contributed by atoms with Crippen molar-refractivity contribution in [3.05, 3.63) is 131 Å². The minimum Gasteiger partial charge on any atom is -0.206 e. The van der Waals surface area contributed by atoms with Gasteiger partial charge < -0.3 is 0 Å². The van der Waals surface area contributed by atoms with E-state index >= 15 is 4.39 Å². The molecule has 5 aromatic rings. The van der Waals surface area contributed by atoms with Gasteiger partial charge in [-0.25, -0.2) is 4.39 Å². The fraction of sp³-hybridized carbons (Fsp3) is 0.250. The molecule has 0 heterocycles. The molecule has 206 valence electrons. The van der Waals surface area contributed by atoms with Crippen molar-refractivity contribution in [1.82, 2.24) is 0 Å². The fourth-order valence-electron chi connectivity index (χ4n) is 5.40. The van der Waals surface area contributed by atoms with Crippen LogP contribution in [0.3, 0.4) is 0 Å². The van der Waals surface area contributed by atoms with Crippen LogP contribution in [0.2, 0.25) is 0 Å². The zero-order valence-electron chi connectivity index (χ0n) is 24.6. The Labute approximate surface area is 245 Å². The predicted molar refractivity (Wildman–Crippen MR) is 174 cm³/mol. The lowest BCUT2D eigenvalue weighted by Crippen LogP contribution is -1.92. The van der Waals surface area contributed by atoms with Crippen LogP contribution in [0.4, 0.5) is 4.39 Å². The second-order valence-electron chi connectivity index (χ2n) is 11.1. The van der Waals surface area contributed by atoms with Crippen LogP contribution in [0.15, 0.2) is 97.1 Å².